The summed E-state index contributed by atoms with van der Waals surface area (Å²) in [6.45, 7) is 2.38. The SMILES string of the molecule is Cl.Cl.OC1(COc2cc(-c3ccc(N4CC5CC(C4)N5)nc3)c3ccnn3c2)CC1. The Bertz CT molecular complexity index is 1020. The van der Waals surface area contributed by atoms with Gasteiger partial charge in [0.05, 0.1) is 23.5 Å². The molecule has 0 spiro atoms. The summed E-state index contributed by atoms with van der Waals surface area (Å²) in [6, 6.07) is 9.46. The molecule has 1 aliphatic carbocycles. The molecule has 3 saturated heterocycles. The van der Waals surface area contributed by atoms with Crippen molar-refractivity contribution in [3.63, 3.8) is 0 Å². The van der Waals surface area contributed by atoms with E-state index >= 15 is 0 Å². The molecule has 2 atom stereocenters. The zero-order chi connectivity index (χ0) is 18.7. The summed E-state index contributed by atoms with van der Waals surface area (Å²) in [6.07, 6.45) is 8.48. The number of nitrogens with one attached hydrogen (secondary N) is 1. The highest BCUT2D eigenvalue weighted by atomic mass is 35.5. The van der Waals surface area contributed by atoms with Crippen LogP contribution in [0.15, 0.2) is 42.9 Å². The van der Waals surface area contributed by atoms with E-state index in [0.717, 1.165) is 48.4 Å². The third-order valence-electron chi connectivity index (χ3n) is 6.12. The van der Waals surface area contributed by atoms with E-state index in [1.165, 1.54) is 6.42 Å². The molecule has 3 aromatic rings. The minimum atomic E-state index is -0.646. The Morgan fingerprint density at radius 2 is 1.93 bits per heavy atom. The summed E-state index contributed by atoms with van der Waals surface area (Å²) in [5.41, 5.74) is 2.42. The highest BCUT2D eigenvalue weighted by molar-refractivity contribution is 5.85. The molecule has 0 aromatic carbocycles. The number of piperazine rings is 1. The van der Waals surface area contributed by atoms with Crippen LogP contribution in [-0.4, -0.2) is 57.1 Å². The molecule has 4 fully saturated rings. The second-order valence-electron chi connectivity index (χ2n) is 8.37. The number of pyridine rings is 2. The van der Waals surface area contributed by atoms with Crippen molar-refractivity contribution < 1.29 is 9.84 Å². The lowest BCUT2D eigenvalue weighted by molar-refractivity contribution is 0.0854. The quantitative estimate of drug-likeness (QED) is 0.623. The van der Waals surface area contributed by atoms with E-state index in [4.69, 9.17) is 9.72 Å². The summed E-state index contributed by atoms with van der Waals surface area (Å²) in [7, 11) is 0. The van der Waals surface area contributed by atoms with Gasteiger partial charge in [0.25, 0.3) is 0 Å². The van der Waals surface area contributed by atoms with Crippen LogP contribution in [0.5, 0.6) is 5.75 Å². The Hall–Kier alpha value is -2.06. The van der Waals surface area contributed by atoms with Crippen molar-refractivity contribution in [2.24, 2.45) is 0 Å². The van der Waals surface area contributed by atoms with Crippen LogP contribution in [0, 0.1) is 0 Å². The molecular formula is C21H25Cl2N5O2. The van der Waals surface area contributed by atoms with Gasteiger partial charge < -0.3 is 20.1 Å². The van der Waals surface area contributed by atoms with Crippen molar-refractivity contribution in [3.05, 3.63) is 42.9 Å². The molecule has 4 aliphatic rings. The van der Waals surface area contributed by atoms with Gasteiger partial charge in [-0.3, -0.25) is 0 Å². The highest BCUT2D eigenvalue weighted by Crippen LogP contribution is 2.36. The first kappa shape index (κ1) is 21.2. The van der Waals surface area contributed by atoms with E-state index < -0.39 is 5.60 Å². The molecule has 1 saturated carbocycles. The Morgan fingerprint density at radius 1 is 1.17 bits per heavy atom. The third kappa shape index (κ3) is 3.83. The summed E-state index contributed by atoms with van der Waals surface area (Å²) in [5.74, 6) is 1.74. The summed E-state index contributed by atoms with van der Waals surface area (Å²) >= 11 is 0. The number of fused-ring (bicyclic) bond motifs is 3. The van der Waals surface area contributed by atoms with E-state index in [2.05, 4.69) is 27.4 Å². The molecule has 3 aliphatic heterocycles. The molecule has 7 rings (SSSR count). The maximum atomic E-state index is 10.1. The lowest BCUT2D eigenvalue weighted by Gasteiger charge is -2.48. The second-order valence-corrected chi connectivity index (χ2v) is 8.37. The van der Waals surface area contributed by atoms with Gasteiger partial charge in [-0.1, -0.05) is 0 Å². The van der Waals surface area contributed by atoms with Crippen LogP contribution in [0.2, 0.25) is 0 Å². The van der Waals surface area contributed by atoms with Gasteiger partial charge in [0.15, 0.2) is 0 Å². The standard InChI is InChI=1S/C21H23N5O2.2ClH/c27-21(4-5-21)13-28-17-8-18(19-3-6-23-26(19)12-17)14-1-2-20(22-9-14)25-10-15-7-16(11-25)24-15;;/h1-3,6,8-9,12,15-16,24,27H,4-5,7,10-11,13H2;2*1H. The van der Waals surface area contributed by atoms with Gasteiger partial charge in [-0.15, -0.1) is 24.8 Å². The molecule has 3 aromatic heterocycles. The third-order valence-corrected chi connectivity index (χ3v) is 6.12. The van der Waals surface area contributed by atoms with Crippen molar-refractivity contribution in [1.29, 1.82) is 0 Å². The van der Waals surface area contributed by atoms with E-state index in [-0.39, 0.29) is 24.8 Å². The lowest BCUT2D eigenvalue weighted by Crippen LogP contribution is -2.67. The second kappa shape index (κ2) is 7.89. The fourth-order valence-electron chi connectivity index (χ4n) is 4.25. The van der Waals surface area contributed by atoms with Crippen LogP contribution in [0.1, 0.15) is 19.3 Å². The largest absolute Gasteiger partial charge is 0.489 e. The maximum absolute atomic E-state index is 10.1. The van der Waals surface area contributed by atoms with Crippen LogP contribution < -0.4 is 15.0 Å². The smallest absolute Gasteiger partial charge is 0.138 e. The van der Waals surface area contributed by atoms with Crippen molar-refractivity contribution >= 4 is 36.1 Å². The van der Waals surface area contributed by atoms with Crippen LogP contribution in [0.3, 0.4) is 0 Å². The zero-order valence-electron chi connectivity index (χ0n) is 16.4. The molecule has 2 unspecified atom stereocenters. The normalized spacial score (nSPS) is 23.2. The summed E-state index contributed by atoms with van der Waals surface area (Å²) < 4.78 is 7.68. The van der Waals surface area contributed by atoms with E-state index in [9.17, 15) is 5.11 Å². The Morgan fingerprint density at radius 3 is 2.60 bits per heavy atom. The number of hydrogen-bond acceptors (Lipinski definition) is 6. The van der Waals surface area contributed by atoms with Gasteiger partial charge in [-0.25, -0.2) is 9.50 Å². The van der Waals surface area contributed by atoms with Gasteiger partial charge in [-0.05, 0) is 43.5 Å². The van der Waals surface area contributed by atoms with Crippen LogP contribution in [0.25, 0.3) is 16.6 Å². The first-order valence-electron chi connectivity index (χ1n) is 9.95. The molecule has 160 valence electrons. The molecule has 6 heterocycles. The number of ether oxygens (including phenoxy) is 1. The minimum Gasteiger partial charge on any atom is -0.489 e. The molecule has 2 N–H and O–H groups in total. The Labute approximate surface area is 187 Å². The molecule has 7 nitrogen and oxygen atoms in total. The number of aromatic nitrogens is 3. The number of anilines is 1. The van der Waals surface area contributed by atoms with Gasteiger partial charge in [-0.2, -0.15) is 5.10 Å². The fraction of sp³-hybridized carbons (Fsp3) is 0.429. The monoisotopic (exact) mass is 449 g/mol. The van der Waals surface area contributed by atoms with Crippen LogP contribution in [-0.2, 0) is 0 Å². The zero-order valence-corrected chi connectivity index (χ0v) is 18.0. The van der Waals surface area contributed by atoms with Crippen LogP contribution >= 0.6 is 24.8 Å². The van der Waals surface area contributed by atoms with E-state index in [1.807, 2.05) is 29.0 Å². The van der Waals surface area contributed by atoms with Gasteiger partial charge in [0.1, 0.15) is 18.2 Å². The number of aliphatic hydroxyl groups is 1. The topological polar surface area (TPSA) is 74.9 Å². The van der Waals surface area contributed by atoms with E-state index in [0.29, 0.717) is 24.4 Å². The van der Waals surface area contributed by atoms with Crippen molar-refractivity contribution in [2.45, 2.75) is 36.9 Å². The van der Waals surface area contributed by atoms with Gasteiger partial charge in [0.2, 0.25) is 0 Å². The number of hydrogen-bond donors (Lipinski definition) is 2. The molecule has 30 heavy (non-hydrogen) atoms. The number of halogens is 2. The lowest BCUT2D eigenvalue weighted by atomic mass is 9.91. The number of rotatable bonds is 5. The predicted molar refractivity (Wildman–Crippen MR) is 120 cm³/mol. The maximum Gasteiger partial charge on any atom is 0.138 e. The molecule has 9 heteroatoms. The molecule has 0 radical (unpaired) electrons. The van der Waals surface area contributed by atoms with Gasteiger partial charge in [0, 0.05) is 42.5 Å². The number of piperidine rings is 1. The Balaban J connectivity index is 0.00000109. The highest BCUT2D eigenvalue weighted by Gasteiger charge is 2.41. The average Bonchev–Trinajstić information content (AvgIpc) is 3.25. The van der Waals surface area contributed by atoms with Gasteiger partial charge >= 0.3 is 0 Å². The fourth-order valence-corrected chi connectivity index (χ4v) is 4.25. The molecule has 2 bridgehead atoms. The van der Waals surface area contributed by atoms with Crippen molar-refractivity contribution in [2.75, 3.05) is 24.6 Å². The van der Waals surface area contributed by atoms with Crippen molar-refractivity contribution in [1.82, 2.24) is 19.9 Å². The minimum absolute atomic E-state index is 0. The predicted octanol–water partition coefficient (Wildman–Crippen LogP) is 2.69. The summed E-state index contributed by atoms with van der Waals surface area (Å²) in [4.78, 5) is 7.10. The first-order valence-corrected chi connectivity index (χ1v) is 9.95. The molecular weight excluding hydrogens is 425 g/mol. The number of nitrogens with zero attached hydrogens (tertiary/aromatic N) is 4. The van der Waals surface area contributed by atoms with Crippen molar-refractivity contribution in [3.8, 4) is 16.9 Å². The average molecular weight is 450 g/mol. The summed E-state index contributed by atoms with van der Waals surface area (Å²) in [5, 5.41) is 18.0. The van der Waals surface area contributed by atoms with Crippen LogP contribution in [0.4, 0.5) is 5.82 Å². The van der Waals surface area contributed by atoms with E-state index in [1.54, 1.807) is 6.20 Å². The Kier molecular flexibility index (Phi) is 5.57. The molecule has 0 amide bonds. The first-order chi connectivity index (χ1) is 13.7.